The highest BCUT2D eigenvalue weighted by atomic mass is 16.5. The number of rotatable bonds is 7. The predicted molar refractivity (Wildman–Crippen MR) is 72.3 cm³/mol. The Morgan fingerprint density at radius 1 is 1.37 bits per heavy atom. The summed E-state index contributed by atoms with van der Waals surface area (Å²) in [6.07, 6.45) is 2.71. The zero-order valence-electron chi connectivity index (χ0n) is 11.0. The van der Waals surface area contributed by atoms with Crippen molar-refractivity contribution in [3.63, 3.8) is 0 Å². The van der Waals surface area contributed by atoms with Crippen molar-refractivity contribution in [3.05, 3.63) is 42.2 Å². The fraction of sp³-hybridized carbons (Fsp3) is 0.385. The van der Waals surface area contributed by atoms with E-state index < -0.39 is 0 Å². The van der Waals surface area contributed by atoms with E-state index in [0.717, 1.165) is 24.4 Å². The summed E-state index contributed by atoms with van der Waals surface area (Å²) in [6, 6.07) is 9.50. The molecule has 0 saturated heterocycles. The summed E-state index contributed by atoms with van der Waals surface area (Å²) in [4.78, 5) is 0. The van der Waals surface area contributed by atoms with Gasteiger partial charge in [0, 0.05) is 6.54 Å². The van der Waals surface area contributed by atoms with Gasteiger partial charge >= 0.3 is 0 Å². The first-order valence-corrected chi connectivity index (χ1v) is 6.37. The van der Waals surface area contributed by atoms with Crippen LogP contribution < -0.4 is 16.0 Å². The van der Waals surface area contributed by atoms with Crippen molar-refractivity contribution in [3.8, 4) is 5.75 Å². The molecule has 19 heavy (non-hydrogen) atoms. The fourth-order valence-electron chi connectivity index (χ4n) is 1.84. The first-order chi connectivity index (χ1) is 9.35. The summed E-state index contributed by atoms with van der Waals surface area (Å²) in [7, 11) is 0. The van der Waals surface area contributed by atoms with E-state index >= 15 is 0 Å². The molecule has 0 amide bonds. The van der Waals surface area contributed by atoms with Gasteiger partial charge in [-0.05, 0) is 18.6 Å². The van der Waals surface area contributed by atoms with E-state index in [0.29, 0.717) is 6.61 Å². The van der Waals surface area contributed by atoms with Crippen LogP contribution in [0.2, 0.25) is 0 Å². The average molecular weight is 261 g/mol. The van der Waals surface area contributed by atoms with E-state index in [2.05, 4.69) is 22.7 Å². The Morgan fingerprint density at radius 2 is 2.16 bits per heavy atom. The molecule has 0 saturated carbocycles. The molecule has 1 atom stereocenters. The standard InChI is InChI=1S/C13H19N5O/c1-2-8-18-13(9-15-17-18)12(16-14)10-19-11-6-4-3-5-7-11/h3-7,9,12,16H,2,8,10,14H2,1H3. The van der Waals surface area contributed by atoms with Crippen molar-refractivity contribution in [2.75, 3.05) is 6.61 Å². The van der Waals surface area contributed by atoms with Gasteiger partial charge in [0.25, 0.3) is 0 Å². The number of hydrogen-bond acceptors (Lipinski definition) is 5. The van der Waals surface area contributed by atoms with Gasteiger partial charge < -0.3 is 4.74 Å². The number of aryl methyl sites for hydroxylation is 1. The van der Waals surface area contributed by atoms with Crippen molar-refractivity contribution >= 4 is 0 Å². The second kappa shape index (κ2) is 6.86. The Bertz CT molecular complexity index is 485. The van der Waals surface area contributed by atoms with Crippen LogP contribution in [0.25, 0.3) is 0 Å². The molecule has 1 unspecified atom stereocenters. The number of hydrazine groups is 1. The summed E-state index contributed by atoms with van der Waals surface area (Å²) in [5, 5.41) is 7.97. The molecule has 2 aromatic rings. The summed E-state index contributed by atoms with van der Waals surface area (Å²) >= 11 is 0. The third-order valence-corrected chi connectivity index (χ3v) is 2.80. The van der Waals surface area contributed by atoms with Gasteiger partial charge in [-0.1, -0.05) is 30.3 Å². The van der Waals surface area contributed by atoms with Crippen LogP contribution in [-0.2, 0) is 6.54 Å². The minimum atomic E-state index is -0.137. The van der Waals surface area contributed by atoms with Gasteiger partial charge in [0.15, 0.2) is 0 Å². The fourth-order valence-corrected chi connectivity index (χ4v) is 1.84. The van der Waals surface area contributed by atoms with Gasteiger partial charge in [0.05, 0.1) is 17.9 Å². The molecule has 0 fully saturated rings. The number of nitrogens with zero attached hydrogens (tertiary/aromatic N) is 3. The number of para-hydroxylation sites is 1. The van der Waals surface area contributed by atoms with Crippen molar-refractivity contribution in [1.82, 2.24) is 20.4 Å². The predicted octanol–water partition coefficient (Wildman–Crippen LogP) is 1.27. The molecular formula is C13H19N5O. The molecule has 1 heterocycles. The number of nitrogens with one attached hydrogen (secondary N) is 1. The molecule has 1 aromatic heterocycles. The highest BCUT2D eigenvalue weighted by Gasteiger charge is 2.16. The third kappa shape index (κ3) is 3.52. The second-order valence-electron chi connectivity index (χ2n) is 4.23. The Morgan fingerprint density at radius 3 is 2.84 bits per heavy atom. The number of nitrogens with two attached hydrogens (primary N) is 1. The minimum Gasteiger partial charge on any atom is -0.491 e. The second-order valence-corrected chi connectivity index (χ2v) is 4.23. The van der Waals surface area contributed by atoms with Crippen LogP contribution in [0.15, 0.2) is 36.5 Å². The molecule has 0 bridgehead atoms. The Hall–Kier alpha value is -1.92. The summed E-state index contributed by atoms with van der Waals surface area (Å²) in [6.45, 7) is 3.34. The van der Waals surface area contributed by atoms with E-state index in [1.807, 2.05) is 35.0 Å². The lowest BCUT2D eigenvalue weighted by atomic mass is 10.2. The molecule has 0 radical (unpaired) electrons. The minimum absolute atomic E-state index is 0.137. The molecular weight excluding hydrogens is 242 g/mol. The molecule has 1 aromatic carbocycles. The molecule has 0 aliphatic rings. The van der Waals surface area contributed by atoms with Crippen molar-refractivity contribution in [2.45, 2.75) is 25.9 Å². The van der Waals surface area contributed by atoms with Crippen LogP contribution in [0.5, 0.6) is 5.75 Å². The molecule has 0 aliphatic carbocycles. The number of ether oxygens (including phenoxy) is 1. The van der Waals surface area contributed by atoms with E-state index in [1.54, 1.807) is 6.20 Å². The Balaban J connectivity index is 2.01. The largest absolute Gasteiger partial charge is 0.491 e. The average Bonchev–Trinajstić information content (AvgIpc) is 2.90. The van der Waals surface area contributed by atoms with Gasteiger partial charge in [-0.2, -0.15) is 0 Å². The maximum atomic E-state index is 5.70. The van der Waals surface area contributed by atoms with E-state index in [1.165, 1.54) is 0 Å². The zero-order valence-corrected chi connectivity index (χ0v) is 11.0. The highest BCUT2D eigenvalue weighted by molar-refractivity contribution is 5.21. The van der Waals surface area contributed by atoms with Gasteiger partial charge in [-0.25, -0.2) is 10.1 Å². The SMILES string of the molecule is CCCn1nncc1C(COc1ccccc1)NN. The summed E-state index contributed by atoms with van der Waals surface area (Å²) in [5.74, 6) is 6.41. The number of benzene rings is 1. The summed E-state index contributed by atoms with van der Waals surface area (Å²) < 4.78 is 7.55. The van der Waals surface area contributed by atoms with Crippen LogP contribution in [0.4, 0.5) is 0 Å². The lowest BCUT2D eigenvalue weighted by Crippen LogP contribution is -2.34. The van der Waals surface area contributed by atoms with Crippen LogP contribution in [0, 0.1) is 0 Å². The van der Waals surface area contributed by atoms with Crippen molar-refractivity contribution in [1.29, 1.82) is 0 Å². The Kier molecular flexibility index (Phi) is 4.88. The van der Waals surface area contributed by atoms with Crippen LogP contribution >= 0.6 is 0 Å². The smallest absolute Gasteiger partial charge is 0.119 e. The first kappa shape index (κ1) is 13.5. The molecule has 3 N–H and O–H groups in total. The first-order valence-electron chi connectivity index (χ1n) is 6.37. The van der Waals surface area contributed by atoms with Gasteiger partial charge in [-0.15, -0.1) is 5.10 Å². The normalized spacial score (nSPS) is 12.3. The van der Waals surface area contributed by atoms with Crippen LogP contribution in [0.3, 0.4) is 0 Å². The van der Waals surface area contributed by atoms with Gasteiger partial charge in [0.1, 0.15) is 12.4 Å². The lowest BCUT2D eigenvalue weighted by Gasteiger charge is -2.17. The van der Waals surface area contributed by atoms with Crippen LogP contribution in [0.1, 0.15) is 25.1 Å². The monoisotopic (exact) mass is 261 g/mol. The van der Waals surface area contributed by atoms with E-state index in [-0.39, 0.29) is 6.04 Å². The zero-order chi connectivity index (χ0) is 13.5. The maximum absolute atomic E-state index is 5.70. The third-order valence-electron chi connectivity index (χ3n) is 2.80. The molecule has 2 rings (SSSR count). The quantitative estimate of drug-likeness (QED) is 0.579. The number of hydrogen-bond donors (Lipinski definition) is 2. The molecule has 102 valence electrons. The van der Waals surface area contributed by atoms with E-state index in [4.69, 9.17) is 10.6 Å². The van der Waals surface area contributed by atoms with Crippen LogP contribution in [-0.4, -0.2) is 21.6 Å². The highest BCUT2D eigenvalue weighted by Crippen LogP contribution is 2.15. The Labute approximate surface area is 112 Å². The maximum Gasteiger partial charge on any atom is 0.119 e. The van der Waals surface area contributed by atoms with Gasteiger partial charge in [0.2, 0.25) is 0 Å². The lowest BCUT2D eigenvalue weighted by molar-refractivity contribution is 0.259. The topological polar surface area (TPSA) is 78.0 Å². The summed E-state index contributed by atoms with van der Waals surface area (Å²) in [5.41, 5.74) is 3.68. The molecule has 6 nitrogen and oxygen atoms in total. The van der Waals surface area contributed by atoms with Crippen molar-refractivity contribution in [2.24, 2.45) is 5.84 Å². The molecule has 0 spiro atoms. The van der Waals surface area contributed by atoms with E-state index in [9.17, 15) is 0 Å². The van der Waals surface area contributed by atoms with Gasteiger partial charge in [-0.3, -0.25) is 5.84 Å². The molecule has 6 heteroatoms. The van der Waals surface area contributed by atoms with Crippen molar-refractivity contribution < 1.29 is 4.74 Å². The molecule has 0 aliphatic heterocycles. The number of aromatic nitrogens is 3.